The van der Waals surface area contributed by atoms with E-state index in [1.165, 1.54) is 19.4 Å². The summed E-state index contributed by atoms with van der Waals surface area (Å²) in [4.78, 5) is 11.8. The predicted molar refractivity (Wildman–Crippen MR) is 107 cm³/mol. The molecule has 0 aliphatic rings. The van der Waals surface area contributed by atoms with Crippen molar-refractivity contribution in [2.24, 2.45) is 5.10 Å². The number of nitrogens with zero attached hydrogens (tertiary/aromatic N) is 1. The number of rotatable bonds is 8. The molecule has 6 nitrogen and oxygen atoms in total. The summed E-state index contributed by atoms with van der Waals surface area (Å²) in [5, 5.41) is 14.6. The molecule has 0 heterocycles. The van der Waals surface area contributed by atoms with Crippen molar-refractivity contribution >= 4 is 46.9 Å². The van der Waals surface area contributed by atoms with E-state index in [4.69, 9.17) is 44.3 Å². The van der Waals surface area contributed by atoms with Gasteiger partial charge in [-0.1, -0.05) is 34.8 Å². The number of hydrogen-bond donors (Lipinski definition) is 2. The third-order valence-corrected chi connectivity index (χ3v) is 4.19. The Hall–Kier alpha value is -2.15. The number of methoxy groups -OCH3 is 1. The molecule has 2 aromatic rings. The van der Waals surface area contributed by atoms with Crippen LogP contribution < -0.4 is 14.9 Å². The van der Waals surface area contributed by atoms with E-state index >= 15 is 0 Å². The first kappa shape index (κ1) is 21.2. The zero-order chi connectivity index (χ0) is 19.8. The maximum absolute atomic E-state index is 11.8. The number of hydrogen-bond acceptors (Lipinski definition) is 5. The molecular formula is C18H17Cl3N2O4. The number of carbonyl (C=O) groups excluding carboxylic acids is 1. The minimum absolute atomic E-state index is 0.125. The molecule has 2 N–H and O–H groups in total. The van der Waals surface area contributed by atoms with Crippen molar-refractivity contribution in [3.05, 3.63) is 51.0 Å². The molecule has 0 aromatic heterocycles. The van der Waals surface area contributed by atoms with Crippen LogP contribution in [0.5, 0.6) is 17.2 Å². The summed E-state index contributed by atoms with van der Waals surface area (Å²) < 4.78 is 10.5. The summed E-state index contributed by atoms with van der Waals surface area (Å²) in [6, 6.07) is 7.98. The van der Waals surface area contributed by atoms with Crippen LogP contribution in [0.15, 0.2) is 35.4 Å². The molecule has 0 aliphatic heterocycles. The second-order valence-corrected chi connectivity index (χ2v) is 6.62. The first-order chi connectivity index (χ1) is 12.9. The zero-order valence-electron chi connectivity index (χ0n) is 14.3. The molecule has 1 amide bonds. The average Bonchev–Trinajstić information content (AvgIpc) is 2.63. The lowest BCUT2D eigenvalue weighted by Gasteiger charge is -2.08. The highest BCUT2D eigenvalue weighted by atomic mass is 35.5. The number of benzene rings is 2. The highest BCUT2D eigenvalue weighted by molar-refractivity contribution is 6.35. The molecule has 0 saturated heterocycles. The number of nitrogens with one attached hydrogen (secondary N) is 1. The van der Waals surface area contributed by atoms with Gasteiger partial charge in [0.25, 0.3) is 0 Å². The van der Waals surface area contributed by atoms with Crippen molar-refractivity contribution in [3.63, 3.8) is 0 Å². The molecule has 0 saturated carbocycles. The lowest BCUT2D eigenvalue weighted by atomic mass is 10.2. The van der Waals surface area contributed by atoms with Gasteiger partial charge in [0.2, 0.25) is 5.91 Å². The Bertz CT molecular complexity index is 844. The molecule has 2 rings (SSSR count). The maximum Gasteiger partial charge on any atom is 0.240 e. The molecule has 0 aliphatic carbocycles. The number of ether oxygens (including phenoxy) is 2. The Kier molecular flexibility index (Phi) is 8.03. The summed E-state index contributed by atoms with van der Waals surface area (Å²) in [6.07, 6.45) is 2.11. The molecule has 0 radical (unpaired) electrons. The van der Waals surface area contributed by atoms with Gasteiger partial charge in [-0.25, -0.2) is 5.43 Å². The second kappa shape index (κ2) is 10.3. The van der Waals surface area contributed by atoms with Crippen molar-refractivity contribution in [1.82, 2.24) is 5.43 Å². The molecule has 0 spiro atoms. The van der Waals surface area contributed by atoms with Gasteiger partial charge >= 0.3 is 0 Å². The lowest BCUT2D eigenvalue weighted by molar-refractivity contribution is -0.121. The van der Waals surface area contributed by atoms with Crippen molar-refractivity contribution in [1.29, 1.82) is 0 Å². The number of aromatic hydroxyl groups is 1. The van der Waals surface area contributed by atoms with Gasteiger partial charge < -0.3 is 14.6 Å². The van der Waals surface area contributed by atoms with Gasteiger partial charge in [0.1, 0.15) is 5.75 Å². The molecule has 0 atom stereocenters. The molecule has 2 aromatic carbocycles. The van der Waals surface area contributed by atoms with Crippen LogP contribution in [0.1, 0.15) is 18.4 Å². The van der Waals surface area contributed by atoms with E-state index in [2.05, 4.69) is 10.5 Å². The third-order valence-electron chi connectivity index (χ3n) is 3.37. The Morgan fingerprint density at radius 1 is 1.19 bits per heavy atom. The standard InChI is InChI=1S/C18H17Cl3N2O4/c1-26-16-8-11(7-14(21)18(16)25)10-22-23-17(24)3-2-6-27-15-5-4-12(19)9-13(15)20/h4-5,7-10,25H,2-3,6H2,1H3,(H,23,24)/b22-10-. The zero-order valence-corrected chi connectivity index (χ0v) is 16.6. The first-order valence-corrected chi connectivity index (χ1v) is 9.00. The van der Waals surface area contributed by atoms with Crippen LogP contribution in [-0.4, -0.2) is 30.9 Å². The monoisotopic (exact) mass is 430 g/mol. The van der Waals surface area contributed by atoms with E-state index in [0.717, 1.165) is 0 Å². The predicted octanol–water partition coefficient (Wildman–Crippen LogP) is 4.67. The molecule has 0 fully saturated rings. The van der Waals surface area contributed by atoms with E-state index < -0.39 is 0 Å². The van der Waals surface area contributed by atoms with E-state index in [0.29, 0.717) is 34.4 Å². The summed E-state index contributed by atoms with van der Waals surface area (Å²) in [5.74, 6) is 0.306. The SMILES string of the molecule is COc1cc(/C=N\NC(=O)CCCOc2ccc(Cl)cc2Cl)cc(Cl)c1O. The van der Waals surface area contributed by atoms with Gasteiger partial charge in [0.05, 0.1) is 30.0 Å². The van der Waals surface area contributed by atoms with Crippen LogP contribution in [0, 0.1) is 0 Å². The van der Waals surface area contributed by atoms with Crippen LogP contribution in [0.25, 0.3) is 0 Å². The van der Waals surface area contributed by atoms with Crippen LogP contribution in [0.3, 0.4) is 0 Å². The molecular weight excluding hydrogens is 415 g/mol. The average molecular weight is 432 g/mol. The van der Waals surface area contributed by atoms with Gasteiger partial charge in [-0.3, -0.25) is 4.79 Å². The Morgan fingerprint density at radius 3 is 2.67 bits per heavy atom. The number of phenolic OH excluding ortho intramolecular Hbond substituents is 1. The summed E-state index contributed by atoms with van der Waals surface area (Å²) in [7, 11) is 1.41. The fourth-order valence-corrected chi connectivity index (χ4v) is 2.75. The highest BCUT2D eigenvalue weighted by Crippen LogP contribution is 2.34. The van der Waals surface area contributed by atoms with E-state index in [-0.39, 0.29) is 28.8 Å². The Morgan fingerprint density at radius 2 is 1.96 bits per heavy atom. The van der Waals surface area contributed by atoms with Crippen molar-refractivity contribution in [2.45, 2.75) is 12.8 Å². The Balaban J connectivity index is 1.76. The van der Waals surface area contributed by atoms with Gasteiger partial charge in [-0.15, -0.1) is 0 Å². The molecule has 0 bridgehead atoms. The topological polar surface area (TPSA) is 80.2 Å². The van der Waals surface area contributed by atoms with Gasteiger partial charge in [0.15, 0.2) is 11.5 Å². The number of halogens is 3. The minimum Gasteiger partial charge on any atom is -0.503 e. The Labute approximate surface area is 171 Å². The maximum atomic E-state index is 11.8. The summed E-state index contributed by atoms with van der Waals surface area (Å²) in [5.41, 5.74) is 2.97. The van der Waals surface area contributed by atoms with Crippen molar-refractivity contribution in [3.8, 4) is 17.2 Å². The normalized spacial score (nSPS) is 10.8. The number of phenols is 1. The van der Waals surface area contributed by atoms with E-state index in [1.807, 2.05) is 0 Å². The summed E-state index contributed by atoms with van der Waals surface area (Å²) in [6.45, 7) is 0.323. The molecule has 0 unspecified atom stereocenters. The quantitative estimate of drug-likeness (QED) is 0.361. The minimum atomic E-state index is -0.270. The van der Waals surface area contributed by atoms with Crippen LogP contribution >= 0.6 is 34.8 Å². The van der Waals surface area contributed by atoms with Crippen molar-refractivity contribution < 1.29 is 19.4 Å². The fraction of sp³-hybridized carbons (Fsp3) is 0.222. The molecule has 144 valence electrons. The van der Waals surface area contributed by atoms with E-state index in [9.17, 15) is 9.90 Å². The van der Waals surface area contributed by atoms with E-state index in [1.54, 1.807) is 24.3 Å². The smallest absolute Gasteiger partial charge is 0.240 e. The largest absolute Gasteiger partial charge is 0.503 e. The second-order valence-electron chi connectivity index (χ2n) is 5.37. The first-order valence-electron chi connectivity index (χ1n) is 7.87. The lowest BCUT2D eigenvalue weighted by Crippen LogP contribution is -2.18. The molecule has 9 heteroatoms. The van der Waals surface area contributed by atoms with Gasteiger partial charge in [-0.05, 0) is 42.3 Å². The summed E-state index contributed by atoms with van der Waals surface area (Å²) >= 11 is 17.7. The van der Waals surface area contributed by atoms with Crippen LogP contribution in [0.4, 0.5) is 0 Å². The fourth-order valence-electron chi connectivity index (χ4n) is 2.07. The molecule has 27 heavy (non-hydrogen) atoms. The highest BCUT2D eigenvalue weighted by Gasteiger charge is 2.08. The third kappa shape index (κ3) is 6.50. The van der Waals surface area contributed by atoms with Crippen LogP contribution in [-0.2, 0) is 4.79 Å². The number of hydrazone groups is 1. The number of carbonyl (C=O) groups is 1. The van der Waals surface area contributed by atoms with Gasteiger partial charge in [0, 0.05) is 11.4 Å². The van der Waals surface area contributed by atoms with Crippen molar-refractivity contribution in [2.75, 3.05) is 13.7 Å². The van der Waals surface area contributed by atoms with Gasteiger partial charge in [-0.2, -0.15) is 5.10 Å². The number of amides is 1. The van der Waals surface area contributed by atoms with Crippen LogP contribution in [0.2, 0.25) is 15.1 Å².